The van der Waals surface area contributed by atoms with E-state index in [2.05, 4.69) is 0 Å². The lowest BCUT2D eigenvalue weighted by atomic mass is 9.78. The smallest absolute Gasteiger partial charge is 0.128 e. The average molecular weight is 239 g/mol. The Morgan fingerprint density at radius 3 is 2.76 bits per heavy atom. The zero-order chi connectivity index (χ0) is 12.5. The lowest BCUT2D eigenvalue weighted by molar-refractivity contribution is 0.0471. The van der Waals surface area contributed by atoms with Crippen LogP contribution in [0.15, 0.2) is 24.3 Å². The fraction of sp³-hybridized carbons (Fsp3) is 0.538. The molecule has 0 bridgehead atoms. The summed E-state index contributed by atoms with van der Waals surface area (Å²) in [4.78, 5) is 0. The topological polar surface area (TPSA) is 44.5 Å². The van der Waals surface area contributed by atoms with E-state index in [1.54, 1.807) is 25.3 Å². The molecule has 1 fully saturated rings. The molecule has 0 aliphatic carbocycles. The second-order valence-electron chi connectivity index (χ2n) is 4.68. The van der Waals surface area contributed by atoms with Gasteiger partial charge >= 0.3 is 0 Å². The summed E-state index contributed by atoms with van der Waals surface area (Å²) in [5, 5.41) is 0. The van der Waals surface area contributed by atoms with Gasteiger partial charge in [-0.3, -0.25) is 0 Å². The number of nitrogens with two attached hydrogens (primary N) is 1. The molecular weight excluding hydrogens is 221 g/mol. The first-order chi connectivity index (χ1) is 8.07. The molecular formula is C13H18FNO2. The van der Waals surface area contributed by atoms with Crippen molar-refractivity contribution in [2.45, 2.75) is 18.6 Å². The molecule has 3 nitrogen and oxygen atoms in total. The highest BCUT2D eigenvalue weighted by molar-refractivity contribution is 5.26. The van der Waals surface area contributed by atoms with Crippen LogP contribution in [0.3, 0.4) is 0 Å². The molecule has 1 saturated heterocycles. The Labute approximate surface area is 101 Å². The predicted molar refractivity (Wildman–Crippen MR) is 63.0 cm³/mol. The summed E-state index contributed by atoms with van der Waals surface area (Å²) in [6.07, 6.45) is -0.0791. The van der Waals surface area contributed by atoms with E-state index in [4.69, 9.17) is 15.2 Å². The van der Waals surface area contributed by atoms with Gasteiger partial charge in [0.15, 0.2) is 0 Å². The average Bonchev–Trinajstić information content (AvgIpc) is 2.78. The van der Waals surface area contributed by atoms with Crippen LogP contribution in [0.5, 0.6) is 0 Å². The van der Waals surface area contributed by atoms with Gasteiger partial charge in [0.05, 0.1) is 19.3 Å². The number of ether oxygens (including phenoxy) is 2. The van der Waals surface area contributed by atoms with Gasteiger partial charge in [-0.05, 0) is 13.0 Å². The molecule has 1 heterocycles. The summed E-state index contributed by atoms with van der Waals surface area (Å²) < 4.78 is 24.5. The fourth-order valence-corrected chi connectivity index (χ4v) is 2.42. The van der Waals surface area contributed by atoms with Crippen molar-refractivity contribution in [1.82, 2.24) is 0 Å². The molecule has 0 spiro atoms. The molecule has 2 rings (SSSR count). The van der Waals surface area contributed by atoms with Crippen molar-refractivity contribution in [3.63, 3.8) is 0 Å². The van der Waals surface area contributed by atoms with Crippen molar-refractivity contribution >= 4 is 0 Å². The number of hydrogen-bond donors (Lipinski definition) is 1. The first kappa shape index (κ1) is 12.5. The van der Waals surface area contributed by atoms with Crippen LogP contribution < -0.4 is 5.73 Å². The maximum absolute atomic E-state index is 13.8. The Balaban J connectivity index is 2.32. The number of halogens is 1. The van der Waals surface area contributed by atoms with Crippen LogP contribution in [-0.4, -0.2) is 26.4 Å². The minimum Gasteiger partial charge on any atom is -0.379 e. The molecule has 1 aliphatic heterocycles. The Morgan fingerprint density at radius 2 is 2.12 bits per heavy atom. The molecule has 94 valence electrons. The summed E-state index contributed by atoms with van der Waals surface area (Å²) in [5.41, 5.74) is 6.03. The molecule has 1 aromatic carbocycles. The molecule has 0 aromatic heterocycles. The van der Waals surface area contributed by atoms with E-state index in [-0.39, 0.29) is 17.8 Å². The first-order valence-corrected chi connectivity index (χ1v) is 5.71. The predicted octanol–water partition coefficient (Wildman–Crippen LogP) is 1.66. The van der Waals surface area contributed by atoms with E-state index in [1.165, 1.54) is 6.07 Å². The van der Waals surface area contributed by atoms with Crippen molar-refractivity contribution in [2.24, 2.45) is 11.7 Å². The van der Waals surface area contributed by atoms with Gasteiger partial charge in [0.1, 0.15) is 5.82 Å². The minimum atomic E-state index is -0.789. The highest BCUT2D eigenvalue weighted by atomic mass is 19.1. The number of rotatable bonds is 3. The molecule has 0 amide bonds. The summed E-state index contributed by atoms with van der Waals surface area (Å²) in [7, 11) is 1.63. The van der Waals surface area contributed by atoms with Gasteiger partial charge in [-0.2, -0.15) is 0 Å². The van der Waals surface area contributed by atoms with Crippen molar-refractivity contribution < 1.29 is 13.9 Å². The Morgan fingerprint density at radius 1 is 1.41 bits per heavy atom. The molecule has 4 heteroatoms. The van der Waals surface area contributed by atoms with Crippen LogP contribution in [0.1, 0.15) is 12.5 Å². The molecule has 2 N–H and O–H groups in total. The van der Waals surface area contributed by atoms with Crippen molar-refractivity contribution in [3.8, 4) is 0 Å². The van der Waals surface area contributed by atoms with Crippen LogP contribution >= 0.6 is 0 Å². The molecule has 0 saturated carbocycles. The van der Waals surface area contributed by atoms with E-state index < -0.39 is 5.54 Å². The van der Waals surface area contributed by atoms with Gasteiger partial charge in [0, 0.05) is 24.1 Å². The van der Waals surface area contributed by atoms with E-state index in [9.17, 15) is 4.39 Å². The second-order valence-corrected chi connectivity index (χ2v) is 4.68. The maximum Gasteiger partial charge on any atom is 0.128 e. The van der Waals surface area contributed by atoms with Crippen molar-refractivity contribution in [1.29, 1.82) is 0 Å². The van der Waals surface area contributed by atoms with Gasteiger partial charge in [-0.1, -0.05) is 18.2 Å². The van der Waals surface area contributed by atoms with Crippen LogP contribution in [0.4, 0.5) is 4.39 Å². The van der Waals surface area contributed by atoms with Gasteiger partial charge < -0.3 is 15.2 Å². The highest BCUT2D eigenvalue weighted by Gasteiger charge is 2.42. The van der Waals surface area contributed by atoms with Crippen molar-refractivity contribution in [2.75, 3.05) is 20.3 Å². The van der Waals surface area contributed by atoms with E-state index in [0.29, 0.717) is 18.8 Å². The molecule has 1 aliphatic rings. The second kappa shape index (κ2) is 4.72. The lowest BCUT2D eigenvalue weighted by Crippen LogP contribution is -2.47. The van der Waals surface area contributed by atoms with Crippen LogP contribution in [0.2, 0.25) is 0 Å². The molecule has 3 atom stereocenters. The van der Waals surface area contributed by atoms with Gasteiger partial charge in [-0.15, -0.1) is 0 Å². The molecule has 1 aromatic rings. The molecule has 0 radical (unpaired) electrons. The van der Waals surface area contributed by atoms with E-state index >= 15 is 0 Å². The monoisotopic (exact) mass is 239 g/mol. The molecule has 17 heavy (non-hydrogen) atoms. The summed E-state index contributed by atoms with van der Waals surface area (Å²) in [5.74, 6) is -0.316. The van der Waals surface area contributed by atoms with Crippen LogP contribution in [-0.2, 0) is 15.0 Å². The van der Waals surface area contributed by atoms with Gasteiger partial charge in [0.25, 0.3) is 0 Å². The van der Waals surface area contributed by atoms with Gasteiger partial charge in [0.2, 0.25) is 0 Å². The van der Waals surface area contributed by atoms with Gasteiger partial charge in [-0.25, -0.2) is 4.39 Å². The zero-order valence-electron chi connectivity index (χ0n) is 10.2. The van der Waals surface area contributed by atoms with Crippen LogP contribution in [0, 0.1) is 11.7 Å². The first-order valence-electron chi connectivity index (χ1n) is 5.71. The number of benzene rings is 1. The SMILES string of the molecule is CO[C@@H]1COC[C@@H]1[C@](C)(N)c1ccccc1F. The van der Waals surface area contributed by atoms with E-state index in [0.717, 1.165) is 0 Å². The number of hydrogen-bond acceptors (Lipinski definition) is 3. The summed E-state index contributed by atoms with van der Waals surface area (Å²) in [6.45, 7) is 2.85. The highest BCUT2D eigenvalue weighted by Crippen LogP contribution is 2.35. The zero-order valence-corrected chi connectivity index (χ0v) is 10.2. The standard InChI is InChI=1S/C13H18FNO2/c1-13(15,9-5-3-4-6-11(9)14)10-7-17-8-12(10)16-2/h3-6,10,12H,7-8,15H2,1-2H3/t10-,12+,13+/m0/s1. The van der Waals surface area contributed by atoms with Crippen LogP contribution in [0.25, 0.3) is 0 Å². The largest absolute Gasteiger partial charge is 0.379 e. The van der Waals surface area contributed by atoms with Crippen molar-refractivity contribution in [3.05, 3.63) is 35.6 Å². The number of methoxy groups -OCH3 is 1. The summed E-state index contributed by atoms with van der Waals surface area (Å²) >= 11 is 0. The minimum absolute atomic E-state index is 0.0376. The third-order valence-corrected chi connectivity index (χ3v) is 3.56. The normalized spacial score (nSPS) is 28.0. The Hall–Kier alpha value is -0.970. The lowest BCUT2D eigenvalue weighted by Gasteiger charge is -2.34. The fourth-order valence-electron chi connectivity index (χ4n) is 2.42. The maximum atomic E-state index is 13.8. The summed E-state index contributed by atoms with van der Waals surface area (Å²) in [6, 6.07) is 6.60. The van der Waals surface area contributed by atoms with E-state index in [1.807, 2.05) is 6.92 Å². The third-order valence-electron chi connectivity index (χ3n) is 3.56. The molecule has 0 unspecified atom stereocenters. The quantitative estimate of drug-likeness (QED) is 0.872. The Bertz CT molecular complexity index is 395. The third kappa shape index (κ3) is 2.20. The Kier molecular flexibility index (Phi) is 3.47.